The third-order valence-electron chi connectivity index (χ3n) is 10.1. The number of hydrogen-bond acceptors (Lipinski definition) is 6. The zero-order valence-electron chi connectivity index (χ0n) is 28.3. The summed E-state index contributed by atoms with van der Waals surface area (Å²) in [6.07, 6.45) is 0. The zero-order chi connectivity index (χ0) is 33.2. The lowest BCUT2D eigenvalue weighted by Crippen LogP contribution is -1.90. The summed E-state index contributed by atoms with van der Waals surface area (Å²) in [6.45, 7) is 16.9. The van der Waals surface area contributed by atoms with Crippen molar-refractivity contribution in [2.75, 3.05) is 0 Å². The maximum Gasteiger partial charge on any atom is 0.165 e. The van der Waals surface area contributed by atoms with Gasteiger partial charge < -0.3 is 9.97 Å². The fraction of sp³-hybridized carbons (Fsp3) is 0.200. The molecule has 0 saturated heterocycles. The molecule has 0 unspecified atom stereocenters. The van der Waals surface area contributed by atoms with Crippen LogP contribution in [0.1, 0.15) is 44.5 Å². The van der Waals surface area contributed by atoms with Crippen LogP contribution in [0.15, 0.2) is 48.5 Å². The summed E-state index contributed by atoms with van der Waals surface area (Å²) < 4.78 is 0. The van der Waals surface area contributed by atoms with Gasteiger partial charge >= 0.3 is 0 Å². The van der Waals surface area contributed by atoms with Gasteiger partial charge in [0.2, 0.25) is 0 Å². The van der Waals surface area contributed by atoms with E-state index in [4.69, 9.17) is 29.9 Å². The Labute approximate surface area is 277 Å². The molecule has 0 atom stereocenters. The first-order valence-electron chi connectivity index (χ1n) is 16.3. The highest BCUT2D eigenvalue weighted by Crippen LogP contribution is 2.42. The van der Waals surface area contributed by atoms with Crippen LogP contribution in [0.2, 0.25) is 0 Å². The molecule has 7 aromatic rings. The highest BCUT2D eigenvalue weighted by Gasteiger charge is 2.26. The van der Waals surface area contributed by atoms with Crippen molar-refractivity contribution in [3.05, 3.63) is 93.0 Å². The van der Waals surface area contributed by atoms with E-state index in [1.54, 1.807) is 0 Å². The Hall–Kier alpha value is -5.76. The second kappa shape index (κ2) is 9.87. The summed E-state index contributed by atoms with van der Waals surface area (Å²) in [5, 5.41) is 4.10. The topological polar surface area (TPSA) is 109 Å². The summed E-state index contributed by atoms with van der Waals surface area (Å²) in [7, 11) is 0. The van der Waals surface area contributed by atoms with Gasteiger partial charge in [-0.1, -0.05) is 48.5 Å². The summed E-state index contributed by atoms with van der Waals surface area (Å²) in [4.78, 5) is 38.7. The molecule has 0 spiro atoms. The van der Waals surface area contributed by atoms with Crippen molar-refractivity contribution in [1.29, 1.82) is 0 Å². The average Bonchev–Trinajstić information content (AvgIpc) is 3.80. The lowest BCUT2D eigenvalue weighted by molar-refractivity contribution is 1.19. The van der Waals surface area contributed by atoms with Gasteiger partial charge in [-0.05, 0) is 99.9 Å². The Bertz CT molecular complexity index is 2400. The minimum Gasteiger partial charge on any atom is -0.324 e. The largest absolute Gasteiger partial charge is 0.324 e. The monoisotopic (exact) mass is 626 g/mol. The first-order valence-corrected chi connectivity index (χ1v) is 16.3. The Morgan fingerprint density at radius 2 is 0.500 bits per heavy atom. The van der Waals surface area contributed by atoms with Crippen molar-refractivity contribution in [2.45, 2.75) is 55.4 Å². The Morgan fingerprint density at radius 3 is 0.729 bits per heavy atom. The highest BCUT2D eigenvalue weighted by molar-refractivity contribution is 6.10. The fourth-order valence-corrected chi connectivity index (χ4v) is 7.60. The van der Waals surface area contributed by atoms with E-state index in [1.165, 1.54) is 0 Å². The minimum absolute atomic E-state index is 0.631. The van der Waals surface area contributed by atoms with Crippen molar-refractivity contribution < 1.29 is 0 Å². The standard InChI is InChI=1S/C40H34N8/c1-17-9-10-18(2)26-25(17)33-41-34(26)46-36-29-21(5)13-14-22(6)30(29)38(43-36)48-40-32-24(8)16-15-23(7)31(32)39(44-40)47-37-28-20(4)12-11-19(3)27(28)35(42-37)45-33/h9-16H,1-8H3,(H2,41,42,43,44,45,46,47,48). The molecule has 8 bridgehead atoms. The van der Waals surface area contributed by atoms with Gasteiger partial charge in [-0.25, -0.2) is 29.9 Å². The summed E-state index contributed by atoms with van der Waals surface area (Å²) in [6, 6.07) is 17.1. The molecule has 0 fully saturated rings. The van der Waals surface area contributed by atoms with Crippen molar-refractivity contribution in [3.8, 4) is 45.6 Å². The molecule has 8 heteroatoms. The molecule has 2 N–H and O–H groups in total. The molecule has 0 saturated carbocycles. The number of aromatic nitrogens is 8. The van der Waals surface area contributed by atoms with Crippen LogP contribution in [0.25, 0.3) is 89.7 Å². The first kappa shape index (κ1) is 28.5. The molecule has 0 radical (unpaired) electrons. The number of aryl methyl sites for hydroxylation is 8. The van der Waals surface area contributed by atoms with E-state index in [0.29, 0.717) is 23.3 Å². The van der Waals surface area contributed by atoms with Crippen molar-refractivity contribution in [1.82, 2.24) is 39.9 Å². The Morgan fingerprint density at radius 1 is 0.292 bits per heavy atom. The van der Waals surface area contributed by atoms with Crippen LogP contribution in [-0.2, 0) is 0 Å². The van der Waals surface area contributed by atoms with Crippen LogP contribution in [0.4, 0.5) is 0 Å². The lowest BCUT2D eigenvalue weighted by Gasteiger charge is -2.06. The quantitative estimate of drug-likeness (QED) is 0.174. The highest BCUT2D eigenvalue weighted by atomic mass is 15.1. The summed E-state index contributed by atoms with van der Waals surface area (Å²) in [5.74, 6) is 2.53. The molecule has 0 aliphatic carbocycles. The second-order valence-corrected chi connectivity index (χ2v) is 13.4. The number of hydrogen-bond donors (Lipinski definition) is 2. The number of H-pyrrole nitrogens is 2. The van der Waals surface area contributed by atoms with E-state index in [1.807, 2.05) is 0 Å². The summed E-state index contributed by atoms with van der Waals surface area (Å²) in [5.41, 5.74) is 15.7. The number of nitrogens with zero attached hydrogens (tertiary/aromatic N) is 6. The van der Waals surface area contributed by atoms with E-state index < -0.39 is 0 Å². The van der Waals surface area contributed by atoms with Gasteiger partial charge in [-0.15, -0.1) is 0 Å². The minimum atomic E-state index is 0.631. The molecular weight excluding hydrogens is 592 g/mol. The Balaban J connectivity index is 1.57. The molecular formula is C40H34N8. The summed E-state index contributed by atoms with van der Waals surface area (Å²) >= 11 is 0. The third kappa shape index (κ3) is 3.89. The van der Waals surface area contributed by atoms with Gasteiger partial charge in [0.1, 0.15) is 22.6 Å². The maximum atomic E-state index is 5.28. The molecule has 2 aliphatic rings. The average molecular weight is 627 g/mol. The molecule has 48 heavy (non-hydrogen) atoms. The lowest BCUT2D eigenvalue weighted by atomic mass is 9.98. The fourth-order valence-electron chi connectivity index (χ4n) is 7.60. The van der Waals surface area contributed by atoms with Gasteiger partial charge in [0, 0.05) is 43.8 Å². The molecule has 0 amide bonds. The maximum absolute atomic E-state index is 5.28. The van der Waals surface area contributed by atoms with Gasteiger partial charge in [0.25, 0.3) is 0 Å². The SMILES string of the molecule is Cc1ccc(C)c2c1-c1nc-2nc2[nH]c(nc3nc(nc4[nH]c(n1)c1c(C)ccc(C)c41)-c1c(C)ccc(C)c1-3)c1c(C)ccc(C)c21. The Kier molecular flexibility index (Phi) is 5.85. The first-order chi connectivity index (χ1) is 23.1. The molecule has 234 valence electrons. The molecule has 5 heterocycles. The van der Waals surface area contributed by atoms with Crippen LogP contribution in [-0.4, -0.2) is 39.9 Å². The number of benzene rings is 4. The normalized spacial score (nSPS) is 12.2. The van der Waals surface area contributed by atoms with Gasteiger partial charge in [0.15, 0.2) is 23.3 Å². The van der Waals surface area contributed by atoms with Crippen LogP contribution in [0.5, 0.6) is 0 Å². The predicted molar refractivity (Wildman–Crippen MR) is 194 cm³/mol. The number of aromatic amines is 2. The van der Waals surface area contributed by atoms with E-state index in [2.05, 4.69) is 114 Å². The predicted octanol–water partition coefficient (Wildman–Crippen LogP) is 9.34. The molecule has 2 aliphatic heterocycles. The number of rotatable bonds is 0. The van der Waals surface area contributed by atoms with Crippen LogP contribution < -0.4 is 0 Å². The van der Waals surface area contributed by atoms with Gasteiger partial charge in [-0.3, -0.25) is 0 Å². The van der Waals surface area contributed by atoms with Crippen molar-refractivity contribution in [3.63, 3.8) is 0 Å². The number of nitrogens with one attached hydrogen (secondary N) is 2. The van der Waals surface area contributed by atoms with Gasteiger partial charge in [0.05, 0.1) is 0 Å². The van der Waals surface area contributed by atoms with Crippen molar-refractivity contribution in [2.24, 2.45) is 0 Å². The molecule has 3 aromatic heterocycles. The van der Waals surface area contributed by atoms with Crippen LogP contribution in [0, 0.1) is 55.4 Å². The van der Waals surface area contributed by atoms with Crippen LogP contribution in [0.3, 0.4) is 0 Å². The second-order valence-electron chi connectivity index (χ2n) is 13.4. The number of fused-ring (bicyclic) bond motifs is 20. The molecule has 8 nitrogen and oxygen atoms in total. The van der Waals surface area contributed by atoms with Gasteiger partial charge in [-0.2, -0.15) is 0 Å². The van der Waals surface area contributed by atoms with E-state index in [0.717, 1.165) is 111 Å². The van der Waals surface area contributed by atoms with E-state index in [9.17, 15) is 0 Å². The van der Waals surface area contributed by atoms with E-state index >= 15 is 0 Å². The third-order valence-corrected chi connectivity index (χ3v) is 10.1. The van der Waals surface area contributed by atoms with E-state index in [-0.39, 0.29) is 0 Å². The zero-order valence-corrected chi connectivity index (χ0v) is 28.3. The van der Waals surface area contributed by atoms with Crippen molar-refractivity contribution >= 4 is 44.1 Å². The van der Waals surface area contributed by atoms with Crippen LogP contribution >= 0.6 is 0 Å². The molecule has 9 rings (SSSR count). The smallest absolute Gasteiger partial charge is 0.165 e. The molecule has 4 aromatic carbocycles.